The Balaban J connectivity index is 1.39. The van der Waals surface area contributed by atoms with Crippen LogP contribution in [-0.4, -0.2) is 56.8 Å². The summed E-state index contributed by atoms with van der Waals surface area (Å²) in [6, 6.07) is 8.32. The van der Waals surface area contributed by atoms with Gasteiger partial charge >= 0.3 is 0 Å². The number of aromatic hydroxyl groups is 1. The summed E-state index contributed by atoms with van der Waals surface area (Å²) in [5, 5.41) is 30.9. The lowest BCUT2D eigenvalue weighted by Crippen LogP contribution is -2.66. The van der Waals surface area contributed by atoms with Gasteiger partial charge in [-0.15, -0.1) is 15.3 Å². The third kappa shape index (κ3) is 4.52. The van der Waals surface area contributed by atoms with Gasteiger partial charge in [0, 0.05) is 35.8 Å². The van der Waals surface area contributed by atoms with E-state index in [1.807, 2.05) is 13.1 Å². The molecule has 4 heterocycles. The zero-order valence-corrected chi connectivity index (χ0v) is 20.5. The van der Waals surface area contributed by atoms with E-state index in [0.29, 0.717) is 23.0 Å². The van der Waals surface area contributed by atoms with Crippen molar-refractivity contribution < 1.29 is 14.2 Å². The predicted molar refractivity (Wildman–Crippen MR) is 132 cm³/mol. The number of hydrogen-bond donors (Lipinski definition) is 2. The Kier molecular flexibility index (Phi) is 5.83. The highest BCUT2D eigenvalue weighted by Crippen LogP contribution is 2.42. The van der Waals surface area contributed by atoms with E-state index >= 15 is 4.39 Å². The highest BCUT2D eigenvalue weighted by Gasteiger charge is 2.46. The Bertz CT molecular complexity index is 1200. The SMILES string of the molecule is COc1cc(-c2cc(O)c(-c3ccc(N(C)[C@H]4C[C@]5(C)CCC[C@](C)(C4)N5)nn3)c(F)c2)cnn1. The summed E-state index contributed by atoms with van der Waals surface area (Å²) in [4.78, 5) is 2.18. The number of phenolic OH excluding ortho intramolecular Hbond substituents is 1. The number of anilines is 1. The lowest BCUT2D eigenvalue weighted by Gasteiger charge is -2.55. The summed E-state index contributed by atoms with van der Waals surface area (Å²) < 4.78 is 20.2. The van der Waals surface area contributed by atoms with E-state index in [4.69, 9.17) is 4.74 Å². The number of hydrogen-bond acceptors (Lipinski definition) is 8. The molecular weight excluding hydrogens is 447 g/mol. The molecule has 2 aliphatic heterocycles. The normalized spacial score (nSPS) is 25.8. The van der Waals surface area contributed by atoms with Gasteiger partial charge < -0.3 is 20.1 Å². The molecule has 2 aliphatic rings. The summed E-state index contributed by atoms with van der Waals surface area (Å²) in [6.07, 6.45) is 7.16. The topological polar surface area (TPSA) is 96.3 Å². The summed E-state index contributed by atoms with van der Waals surface area (Å²) in [6.45, 7) is 4.62. The summed E-state index contributed by atoms with van der Waals surface area (Å²) in [7, 11) is 3.53. The molecule has 3 aromatic rings. The average molecular weight is 479 g/mol. The predicted octanol–water partition coefficient (Wildman–Crippen LogP) is 4.34. The molecule has 0 spiro atoms. The first-order valence-electron chi connectivity index (χ1n) is 11.9. The van der Waals surface area contributed by atoms with Crippen molar-refractivity contribution in [1.82, 2.24) is 25.7 Å². The molecule has 2 fully saturated rings. The van der Waals surface area contributed by atoms with Crippen molar-refractivity contribution >= 4 is 5.82 Å². The molecule has 2 saturated heterocycles. The summed E-state index contributed by atoms with van der Waals surface area (Å²) >= 11 is 0. The highest BCUT2D eigenvalue weighted by atomic mass is 19.1. The molecule has 2 aromatic heterocycles. The number of nitrogens with zero attached hydrogens (tertiary/aromatic N) is 5. The number of piperidine rings is 2. The second-order valence-corrected chi connectivity index (χ2v) is 10.4. The van der Waals surface area contributed by atoms with E-state index in [9.17, 15) is 5.11 Å². The van der Waals surface area contributed by atoms with Crippen molar-refractivity contribution in [1.29, 1.82) is 0 Å². The molecule has 1 aromatic carbocycles. The van der Waals surface area contributed by atoms with E-state index in [2.05, 4.69) is 44.5 Å². The Hall–Kier alpha value is -3.33. The van der Waals surface area contributed by atoms with Crippen LogP contribution < -0.4 is 15.0 Å². The lowest BCUT2D eigenvalue weighted by atomic mass is 9.69. The standard InChI is InChI=1S/C26H31FN6O2/c1-25-8-5-9-26(2,32-25)14-18(13-25)33(3)22-7-6-20(29-30-22)24-19(27)10-16(11-21(24)34)17-12-23(35-4)31-28-15-17/h6-7,10-12,15,18,32,34H,5,8-9,13-14H2,1-4H3/t18-,25-,26+. The fourth-order valence-corrected chi connectivity index (χ4v) is 5.87. The van der Waals surface area contributed by atoms with Crippen molar-refractivity contribution in [2.75, 3.05) is 19.1 Å². The first kappa shape index (κ1) is 23.4. The summed E-state index contributed by atoms with van der Waals surface area (Å²) in [5.41, 5.74) is 1.58. The van der Waals surface area contributed by atoms with Crippen molar-refractivity contribution in [2.24, 2.45) is 0 Å². The average Bonchev–Trinajstić information content (AvgIpc) is 2.82. The van der Waals surface area contributed by atoms with Gasteiger partial charge in [-0.3, -0.25) is 0 Å². The van der Waals surface area contributed by atoms with Gasteiger partial charge in [0.05, 0.1) is 24.6 Å². The minimum atomic E-state index is -0.599. The van der Waals surface area contributed by atoms with Crippen LogP contribution in [0.4, 0.5) is 10.2 Å². The Morgan fingerprint density at radius 2 is 1.80 bits per heavy atom. The van der Waals surface area contributed by atoms with Crippen molar-refractivity contribution in [3.63, 3.8) is 0 Å². The van der Waals surface area contributed by atoms with Crippen molar-refractivity contribution in [3.05, 3.63) is 42.3 Å². The van der Waals surface area contributed by atoms with Crippen LogP contribution in [0.5, 0.6) is 11.6 Å². The fourth-order valence-electron chi connectivity index (χ4n) is 5.87. The molecule has 0 aliphatic carbocycles. The van der Waals surface area contributed by atoms with Crippen LogP contribution >= 0.6 is 0 Å². The second kappa shape index (κ2) is 8.71. The zero-order chi connectivity index (χ0) is 24.8. The van der Waals surface area contributed by atoms with Gasteiger partial charge in [-0.2, -0.15) is 5.10 Å². The highest BCUT2D eigenvalue weighted by molar-refractivity contribution is 5.75. The van der Waals surface area contributed by atoms with Crippen LogP contribution in [0.2, 0.25) is 0 Å². The number of phenols is 1. The maximum absolute atomic E-state index is 15.1. The van der Waals surface area contributed by atoms with Crippen LogP contribution in [0.1, 0.15) is 46.0 Å². The van der Waals surface area contributed by atoms with Gasteiger partial charge in [0.2, 0.25) is 5.88 Å². The van der Waals surface area contributed by atoms with Crippen molar-refractivity contribution in [2.45, 2.75) is 63.1 Å². The van der Waals surface area contributed by atoms with E-state index in [0.717, 1.165) is 18.7 Å². The van der Waals surface area contributed by atoms with Gasteiger partial charge in [0.25, 0.3) is 0 Å². The monoisotopic (exact) mass is 478 g/mol. The molecule has 35 heavy (non-hydrogen) atoms. The molecule has 0 radical (unpaired) electrons. The smallest absolute Gasteiger partial charge is 0.233 e. The van der Waals surface area contributed by atoms with E-state index < -0.39 is 5.82 Å². The molecule has 0 saturated carbocycles. The number of halogens is 1. The van der Waals surface area contributed by atoms with Gasteiger partial charge in [-0.25, -0.2) is 4.39 Å². The van der Waals surface area contributed by atoms with Gasteiger partial charge in [0.1, 0.15) is 11.6 Å². The molecule has 0 unspecified atom stereocenters. The Morgan fingerprint density at radius 1 is 1.06 bits per heavy atom. The minimum absolute atomic E-state index is 0.0147. The Morgan fingerprint density at radius 3 is 2.43 bits per heavy atom. The van der Waals surface area contributed by atoms with Crippen LogP contribution in [0.3, 0.4) is 0 Å². The number of fused-ring (bicyclic) bond motifs is 2. The van der Waals surface area contributed by atoms with E-state index in [-0.39, 0.29) is 28.1 Å². The molecule has 8 nitrogen and oxygen atoms in total. The van der Waals surface area contributed by atoms with E-state index in [1.54, 1.807) is 12.1 Å². The van der Waals surface area contributed by atoms with Crippen LogP contribution in [0.15, 0.2) is 36.5 Å². The molecule has 9 heteroatoms. The van der Waals surface area contributed by atoms with Crippen LogP contribution in [0, 0.1) is 5.82 Å². The zero-order valence-electron chi connectivity index (χ0n) is 20.5. The molecule has 2 bridgehead atoms. The largest absolute Gasteiger partial charge is 0.507 e. The van der Waals surface area contributed by atoms with Gasteiger partial charge in [-0.05, 0) is 75.8 Å². The third-order valence-electron chi connectivity index (χ3n) is 7.49. The molecule has 2 N–H and O–H groups in total. The van der Waals surface area contributed by atoms with Crippen LogP contribution in [-0.2, 0) is 0 Å². The van der Waals surface area contributed by atoms with Crippen LogP contribution in [0.25, 0.3) is 22.4 Å². The number of rotatable bonds is 5. The number of methoxy groups -OCH3 is 1. The maximum atomic E-state index is 15.1. The lowest BCUT2D eigenvalue weighted by molar-refractivity contribution is 0.0784. The van der Waals surface area contributed by atoms with Gasteiger partial charge in [0.15, 0.2) is 5.82 Å². The number of ether oxygens (including phenoxy) is 1. The van der Waals surface area contributed by atoms with Gasteiger partial charge in [-0.1, -0.05) is 0 Å². The van der Waals surface area contributed by atoms with Crippen molar-refractivity contribution in [3.8, 4) is 34.0 Å². The summed E-state index contributed by atoms with van der Waals surface area (Å²) in [5.74, 6) is 0.214. The molecular formula is C26H31FN6O2. The quantitative estimate of drug-likeness (QED) is 0.559. The Labute approximate surface area is 204 Å². The first-order valence-corrected chi connectivity index (χ1v) is 11.9. The molecule has 3 atom stereocenters. The second-order valence-electron chi connectivity index (χ2n) is 10.4. The maximum Gasteiger partial charge on any atom is 0.233 e. The number of benzene rings is 1. The number of nitrogens with one attached hydrogen (secondary N) is 1. The first-order chi connectivity index (χ1) is 16.7. The minimum Gasteiger partial charge on any atom is -0.507 e. The number of aromatic nitrogens is 4. The van der Waals surface area contributed by atoms with E-state index in [1.165, 1.54) is 44.7 Å². The third-order valence-corrected chi connectivity index (χ3v) is 7.49. The molecule has 184 valence electrons. The molecule has 0 amide bonds. The molecule has 5 rings (SSSR count). The fraction of sp³-hybridized carbons (Fsp3) is 0.462.